The Kier molecular flexibility index (Phi) is 6.30. The highest BCUT2D eigenvalue weighted by molar-refractivity contribution is 6.30. The van der Waals surface area contributed by atoms with Gasteiger partial charge in [0.15, 0.2) is 0 Å². The maximum atomic E-state index is 11.5. The highest BCUT2D eigenvalue weighted by atomic mass is 35.5. The molecule has 136 valence electrons. The Balaban J connectivity index is 1.79. The van der Waals surface area contributed by atoms with Gasteiger partial charge in [-0.05, 0) is 41.0 Å². The summed E-state index contributed by atoms with van der Waals surface area (Å²) >= 11 is 5.93. The first-order valence-electron chi connectivity index (χ1n) is 8.69. The second kappa shape index (κ2) is 9.07. The molecule has 4 nitrogen and oxygen atoms in total. The molecule has 0 atom stereocenters. The average Bonchev–Trinajstić information content (AvgIpc) is 2.68. The van der Waals surface area contributed by atoms with Crippen LogP contribution in [0.3, 0.4) is 0 Å². The minimum absolute atomic E-state index is 0.130. The lowest BCUT2D eigenvalue weighted by molar-refractivity contribution is -0.120. The van der Waals surface area contributed by atoms with E-state index in [0.29, 0.717) is 24.6 Å². The minimum Gasteiger partial charge on any atom is -0.489 e. The van der Waals surface area contributed by atoms with Crippen LogP contribution >= 0.6 is 11.6 Å². The number of nitrogens with zero attached hydrogens (tertiary/aromatic N) is 1. The van der Waals surface area contributed by atoms with E-state index in [1.807, 2.05) is 54.6 Å². The molecule has 0 fully saturated rings. The van der Waals surface area contributed by atoms with Gasteiger partial charge in [-0.15, -0.1) is 0 Å². The van der Waals surface area contributed by atoms with E-state index in [-0.39, 0.29) is 12.3 Å². The van der Waals surface area contributed by atoms with Gasteiger partial charge in [-0.3, -0.25) is 4.79 Å². The smallest absolute Gasteiger partial charge is 0.234 e. The molecule has 0 saturated heterocycles. The van der Waals surface area contributed by atoms with Gasteiger partial charge in [-0.2, -0.15) is 5.26 Å². The number of nitrogens with one attached hydrogen (secondary N) is 1. The lowest BCUT2D eigenvalue weighted by Gasteiger charge is -2.15. The molecule has 1 N–H and O–H groups in total. The van der Waals surface area contributed by atoms with Crippen LogP contribution in [0.25, 0.3) is 10.8 Å². The topological polar surface area (TPSA) is 62.1 Å². The van der Waals surface area contributed by atoms with Gasteiger partial charge in [0.05, 0.1) is 6.07 Å². The summed E-state index contributed by atoms with van der Waals surface area (Å²) in [5, 5.41) is 14.3. The van der Waals surface area contributed by atoms with E-state index in [1.54, 1.807) is 0 Å². The van der Waals surface area contributed by atoms with Crippen molar-refractivity contribution in [3.05, 3.63) is 76.8 Å². The summed E-state index contributed by atoms with van der Waals surface area (Å²) in [4.78, 5) is 11.5. The number of carbonyl (C=O) groups is 1. The molecule has 3 rings (SSSR count). The number of halogens is 1. The lowest BCUT2D eigenvalue weighted by atomic mass is 10.0. The van der Waals surface area contributed by atoms with Gasteiger partial charge in [-0.25, -0.2) is 0 Å². The molecule has 0 bridgehead atoms. The van der Waals surface area contributed by atoms with Crippen LogP contribution in [0.4, 0.5) is 0 Å². The van der Waals surface area contributed by atoms with Gasteiger partial charge in [0.2, 0.25) is 5.91 Å². The Labute approximate surface area is 163 Å². The van der Waals surface area contributed by atoms with Gasteiger partial charge in [0, 0.05) is 17.1 Å². The molecule has 0 aliphatic rings. The zero-order chi connectivity index (χ0) is 19.1. The number of ether oxygens (including phenoxy) is 1. The molecule has 0 aliphatic carbocycles. The van der Waals surface area contributed by atoms with Crippen molar-refractivity contribution in [3.8, 4) is 11.8 Å². The number of rotatable bonds is 7. The zero-order valence-corrected chi connectivity index (χ0v) is 15.5. The third-order valence-corrected chi connectivity index (χ3v) is 4.49. The SMILES string of the molecule is N#CCC(=O)NCCc1c(OCc2ccc(Cl)cc2)ccc2ccccc12. The van der Waals surface area contributed by atoms with Crippen molar-refractivity contribution in [1.82, 2.24) is 5.32 Å². The third kappa shape index (κ3) is 4.99. The number of benzene rings is 3. The maximum absolute atomic E-state index is 11.5. The molecule has 5 heteroatoms. The van der Waals surface area contributed by atoms with Crippen molar-refractivity contribution in [2.24, 2.45) is 0 Å². The fraction of sp³-hybridized carbons (Fsp3) is 0.182. The summed E-state index contributed by atoms with van der Waals surface area (Å²) in [6, 6.07) is 21.5. The largest absolute Gasteiger partial charge is 0.489 e. The Morgan fingerprint density at radius 3 is 2.63 bits per heavy atom. The third-order valence-electron chi connectivity index (χ3n) is 4.24. The molecular weight excluding hydrogens is 360 g/mol. The van der Waals surface area contributed by atoms with Gasteiger partial charge in [0.25, 0.3) is 0 Å². The van der Waals surface area contributed by atoms with Crippen LogP contribution < -0.4 is 10.1 Å². The van der Waals surface area contributed by atoms with Crippen LogP contribution in [0.2, 0.25) is 5.02 Å². The van der Waals surface area contributed by atoms with E-state index in [4.69, 9.17) is 21.6 Å². The summed E-state index contributed by atoms with van der Waals surface area (Å²) in [5.74, 6) is 0.527. The Morgan fingerprint density at radius 2 is 1.85 bits per heavy atom. The zero-order valence-electron chi connectivity index (χ0n) is 14.7. The van der Waals surface area contributed by atoms with Gasteiger partial charge < -0.3 is 10.1 Å². The van der Waals surface area contributed by atoms with E-state index in [1.165, 1.54) is 0 Å². The number of hydrogen-bond donors (Lipinski definition) is 1. The van der Waals surface area contributed by atoms with E-state index in [0.717, 1.165) is 27.6 Å². The maximum Gasteiger partial charge on any atom is 0.234 e. The molecule has 0 aliphatic heterocycles. The Bertz CT molecular complexity index is 978. The van der Waals surface area contributed by atoms with Crippen molar-refractivity contribution in [1.29, 1.82) is 5.26 Å². The number of nitriles is 1. The van der Waals surface area contributed by atoms with Crippen molar-refractivity contribution in [3.63, 3.8) is 0 Å². The lowest BCUT2D eigenvalue weighted by Crippen LogP contribution is -2.25. The first-order valence-corrected chi connectivity index (χ1v) is 9.06. The van der Waals surface area contributed by atoms with Crippen LogP contribution in [0.15, 0.2) is 60.7 Å². The number of carbonyl (C=O) groups excluding carboxylic acids is 1. The molecule has 0 aromatic heterocycles. The molecule has 0 radical (unpaired) electrons. The van der Waals surface area contributed by atoms with E-state index >= 15 is 0 Å². The van der Waals surface area contributed by atoms with E-state index < -0.39 is 0 Å². The number of fused-ring (bicyclic) bond motifs is 1. The molecule has 0 spiro atoms. The fourth-order valence-corrected chi connectivity index (χ4v) is 3.04. The predicted octanol–water partition coefficient (Wildman–Crippen LogP) is 4.64. The van der Waals surface area contributed by atoms with Crippen molar-refractivity contribution in [2.45, 2.75) is 19.4 Å². The standard InChI is InChI=1S/C22H19ClN2O2/c23-18-8-5-16(6-9-18)15-27-21-10-7-17-3-1-2-4-19(17)20(21)12-14-25-22(26)11-13-24/h1-10H,11-12,14-15H2,(H,25,26). The number of hydrogen-bond acceptors (Lipinski definition) is 3. The van der Waals surface area contributed by atoms with Crippen molar-refractivity contribution < 1.29 is 9.53 Å². The first kappa shape index (κ1) is 18.8. The molecule has 0 unspecified atom stereocenters. The van der Waals surface area contributed by atoms with E-state index in [2.05, 4.69) is 17.4 Å². The molecule has 27 heavy (non-hydrogen) atoms. The normalized spacial score (nSPS) is 10.4. The fourth-order valence-electron chi connectivity index (χ4n) is 2.91. The van der Waals surface area contributed by atoms with Crippen LogP contribution in [-0.2, 0) is 17.8 Å². The highest BCUT2D eigenvalue weighted by Gasteiger charge is 2.10. The monoisotopic (exact) mass is 378 g/mol. The van der Waals surface area contributed by atoms with Crippen molar-refractivity contribution >= 4 is 28.3 Å². The van der Waals surface area contributed by atoms with Crippen molar-refractivity contribution in [2.75, 3.05) is 6.54 Å². The predicted molar refractivity (Wildman–Crippen MR) is 107 cm³/mol. The van der Waals surface area contributed by atoms with Crippen LogP contribution in [0.1, 0.15) is 17.5 Å². The molecular formula is C22H19ClN2O2. The van der Waals surface area contributed by atoms with Crippen LogP contribution in [0.5, 0.6) is 5.75 Å². The van der Waals surface area contributed by atoms with Crippen LogP contribution in [0, 0.1) is 11.3 Å². The summed E-state index contributed by atoms with van der Waals surface area (Å²) < 4.78 is 6.07. The molecule has 3 aromatic rings. The highest BCUT2D eigenvalue weighted by Crippen LogP contribution is 2.29. The van der Waals surface area contributed by atoms with Gasteiger partial charge >= 0.3 is 0 Å². The van der Waals surface area contributed by atoms with Gasteiger partial charge in [0.1, 0.15) is 18.8 Å². The summed E-state index contributed by atoms with van der Waals surface area (Å²) in [6.07, 6.45) is 0.490. The Morgan fingerprint density at radius 1 is 1.07 bits per heavy atom. The molecule has 3 aromatic carbocycles. The average molecular weight is 379 g/mol. The summed E-state index contributed by atoms with van der Waals surface area (Å²) in [6.45, 7) is 0.884. The van der Waals surface area contributed by atoms with Gasteiger partial charge in [-0.1, -0.05) is 54.1 Å². The molecule has 0 saturated carbocycles. The minimum atomic E-state index is -0.263. The van der Waals surface area contributed by atoms with E-state index in [9.17, 15) is 4.79 Å². The summed E-state index contributed by atoms with van der Waals surface area (Å²) in [7, 11) is 0. The van der Waals surface area contributed by atoms with Crippen LogP contribution in [-0.4, -0.2) is 12.5 Å². The second-order valence-corrected chi connectivity index (χ2v) is 6.55. The Hall–Kier alpha value is -3.03. The second-order valence-electron chi connectivity index (χ2n) is 6.11. The number of amides is 1. The summed E-state index contributed by atoms with van der Waals surface area (Å²) in [5.41, 5.74) is 2.07. The first-order chi connectivity index (χ1) is 13.2. The molecule has 0 heterocycles. The quantitative estimate of drug-likeness (QED) is 0.651. The molecule has 1 amide bonds.